The second-order valence-corrected chi connectivity index (χ2v) is 7.30. The quantitative estimate of drug-likeness (QED) is 0.620. The molecule has 28 heavy (non-hydrogen) atoms. The Kier molecular flexibility index (Phi) is 7.02. The number of ether oxygens (including phenoxy) is 3. The van der Waals surface area contributed by atoms with Crippen molar-refractivity contribution in [1.82, 2.24) is 4.72 Å². The number of nitrogens with one attached hydrogen (secondary N) is 2. The Morgan fingerprint density at radius 2 is 1.61 bits per heavy atom. The zero-order chi connectivity index (χ0) is 20.7. The molecule has 1 amide bonds. The highest BCUT2D eigenvalue weighted by Gasteiger charge is 2.18. The summed E-state index contributed by atoms with van der Waals surface area (Å²) < 4.78 is 42.2. The molecule has 0 unspecified atom stereocenters. The summed E-state index contributed by atoms with van der Waals surface area (Å²) in [7, 11) is 0.759. The fourth-order valence-corrected chi connectivity index (χ4v) is 3.38. The largest absolute Gasteiger partial charge is 0.493 e. The number of hydrogen-bond acceptors (Lipinski definition) is 6. The van der Waals surface area contributed by atoms with Gasteiger partial charge in [0, 0.05) is 17.8 Å². The molecule has 9 heteroatoms. The summed E-state index contributed by atoms with van der Waals surface area (Å²) in [6.45, 7) is 3.60. The normalized spacial score (nSPS) is 10.8. The van der Waals surface area contributed by atoms with E-state index in [9.17, 15) is 13.2 Å². The lowest BCUT2D eigenvalue weighted by molar-refractivity contribution is 0.102. The second kappa shape index (κ2) is 9.25. The topological polar surface area (TPSA) is 103 Å². The van der Waals surface area contributed by atoms with Gasteiger partial charge in [-0.2, -0.15) is 0 Å². The van der Waals surface area contributed by atoms with Crippen LogP contribution in [0.4, 0.5) is 5.69 Å². The molecule has 150 valence electrons. The maximum atomic E-state index is 12.6. The summed E-state index contributed by atoms with van der Waals surface area (Å²) in [5.41, 5.74) is 0.722. The molecular weight excluding hydrogens is 384 g/mol. The van der Waals surface area contributed by atoms with Gasteiger partial charge in [-0.1, -0.05) is 6.08 Å². The van der Waals surface area contributed by atoms with E-state index < -0.39 is 15.9 Å². The van der Waals surface area contributed by atoms with Gasteiger partial charge in [-0.15, -0.1) is 6.58 Å². The molecule has 2 aromatic carbocycles. The Hall–Kier alpha value is -3.04. The van der Waals surface area contributed by atoms with Crippen molar-refractivity contribution in [2.75, 3.05) is 33.2 Å². The Morgan fingerprint density at radius 3 is 2.07 bits per heavy atom. The van der Waals surface area contributed by atoms with Crippen LogP contribution in [0.15, 0.2) is 53.9 Å². The van der Waals surface area contributed by atoms with Gasteiger partial charge in [0.15, 0.2) is 11.5 Å². The van der Waals surface area contributed by atoms with Gasteiger partial charge in [-0.05, 0) is 36.4 Å². The average molecular weight is 406 g/mol. The van der Waals surface area contributed by atoms with Gasteiger partial charge in [0.1, 0.15) is 0 Å². The number of amides is 1. The van der Waals surface area contributed by atoms with Crippen LogP contribution in [0.3, 0.4) is 0 Å². The van der Waals surface area contributed by atoms with Crippen molar-refractivity contribution in [2.45, 2.75) is 4.90 Å². The van der Waals surface area contributed by atoms with Gasteiger partial charge in [0.25, 0.3) is 5.91 Å². The smallest absolute Gasteiger partial charge is 0.255 e. The fraction of sp³-hybridized carbons (Fsp3) is 0.211. The van der Waals surface area contributed by atoms with Crippen molar-refractivity contribution in [3.8, 4) is 17.2 Å². The minimum atomic E-state index is -3.63. The van der Waals surface area contributed by atoms with E-state index in [1.165, 1.54) is 63.8 Å². The first-order valence-electron chi connectivity index (χ1n) is 8.18. The maximum absolute atomic E-state index is 12.6. The number of rotatable bonds is 9. The third kappa shape index (κ3) is 4.81. The minimum absolute atomic E-state index is 0.0835. The Bertz CT molecular complexity index is 930. The molecule has 0 fully saturated rings. The molecule has 0 spiro atoms. The van der Waals surface area contributed by atoms with Crippen molar-refractivity contribution in [1.29, 1.82) is 0 Å². The van der Waals surface area contributed by atoms with Crippen molar-refractivity contribution < 1.29 is 27.4 Å². The highest BCUT2D eigenvalue weighted by molar-refractivity contribution is 7.89. The first-order valence-corrected chi connectivity index (χ1v) is 9.66. The summed E-state index contributed by atoms with van der Waals surface area (Å²) in [6, 6.07) is 8.84. The molecule has 0 heterocycles. The van der Waals surface area contributed by atoms with Crippen molar-refractivity contribution in [3.63, 3.8) is 0 Å². The van der Waals surface area contributed by atoms with E-state index >= 15 is 0 Å². The van der Waals surface area contributed by atoms with Crippen LogP contribution in [0.2, 0.25) is 0 Å². The van der Waals surface area contributed by atoms with Crippen LogP contribution in [0, 0.1) is 0 Å². The van der Waals surface area contributed by atoms with Crippen LogP contribution < -0.4 is 24.2 Å². The van der Waals surface area contributed by atoms with E-state index in [2.05, 4.69) is 16.6 Å². The first kappa shape index (κ1) is 21.3. The van der Waals surface area contributed by atoms with E-state index in [0.29, 0.717) is 28.5 Å². The van der Waals surface area contributed by atoms with Crippen molar-refractivity contribution in [3.05, 3.63) is 54.6 Å². The third-order valence-corrected chi connectivity index (χ3v) is 5.21. The lowest BCUT2D eigenvalue weighted by atomic mass is 10.1. The van der Waals surface area contributed by atoms with Gasteiger partial charge < -0.3 is 19.5 Å². The third-order valence-electron chi connectivity index (χ3n) is 3.77. The number of carbonyl (C=O) groups excluding carboxylic acids is 1. The zero-order valence-corrected chi connectivity index (χ0v) is 16.6. The van der Waals surface area contributed by atoms with E-state index in [4.69, 9.17) is 14.2 Å². The van der Waals surface area contributed by atoms with Gasteiger partial charge in [-0.25, -0.2) is 13.1 Å². The number of hydrogen-bond donors (Lipinski definition) is 2. The summed E-state index contributed by atoms with van der Waals surface area (Å²) in [4.78, 5) is 12.7. The molecule has 0 atom stereocenters. The molecule has 2 rings (SSSR count). The number of carbonyl (C=O) groups is 1. The molecule has 2 N–H and O–H groups in total. The van der Waals surface area contributed by atoms with Gasteiger partial charge in [-0.3, -0.25) is 4.79 Å². The molecule has 0 bridgehead atoms. The average Bonchev–Trinajstić information content (AvgIpc) is 2.71. The van der Waals surface area contributed by atoms with E-state index in [1.54, 1.807) is 0 Å². The monoisotopic (exact) mass is 406 g/mol. The minimum Gasteiger partial charge on any atom is -0.493 e. The molecule has 0 aliphatic rings. The van der Waals surface area contributed by atoms with Crippen LogP contribution in [-0.4, -0.2) is 42.2 Å². The van der Waals surface area contributed by atoms with Crippen LogP contribution in [0.5, 0.6) is 17.2 Å². The lowest BCUT2D eigenvalue weighted by Gasteiger charge is -2.14. The molecule has 8 nitrogen and oxygen atoms in total. The number of methoxy groups -OCH3 is 3. The lowest BCUT2D eigenvalue weighted by Crippen LogP contribution is -2.23. The molecule has 0 saturated heterocycles. The zero-order valence-electron chi connectivity index (χ0n) is 15.8. The second-order valence-electron chi connectivity index (χ2n) is 5.53. The van der Waals surface area contributed by atoms with E-state index in [0.717, 1.165) is 0 Å². The van der Waals surface area contributed by atoms with E-state index in [-0.39, 0.29) is 11.4 Å². The van der Waals surface area contributed by atoms with Crippen molar-refractivity contribution in [2.24, 2.45) is 0 Å². The predicted octanol–water partition coefficient (Wildman–Crippen LogP) is 2.43. The summed E-state index contributed by atoms with van der Waals surface area (Å²) in [5.74, 6) is 0.659. The molecule has 0 aliphatic carbocycles. The van der Waals surface area contributed by atoms with Gasteiger partial charge >= 0.3 is 0 Å². The SMILES string of the molecule is C=CCNS(=O)(=O)c1ccc(NC(=O)c2cc(OC)c(OC)c(OC)c2)cc1. The number of anilines is 1. The van der Waals surface area contributed by atoms with Crippen LogP contribution in [0.25, 0.3) is 0 Å². The highest BCUT2D eigenvalue weighted by atomic mass is 32.2. The molecule has 0 aromatic heterocycles. The summed E-state index contributed by atoms with van der Waals surface area (Å²) in [5, 5.41) is 2.70. The summed E-state index contributed by atoms with van der Waals surface area (Å²) >= 11 is 0. The first-order chi connectivity index (χ1) is 13.4. The number of sulfonamides is 1. The van der Waals surface area contributed by atoms with E-state index in [1.807, 2.05) is 0 Å². The van der Waals surface area contributed by atoms with Crippen molar-refractivity contribution >= 4 is 21.6 Å². The molecule has 2 aromatic rings. The van der Waals surface area contributed by atoms with Gasteiger partial charge in [0.2, 0.25) is 15.8 Å². The fourth-order valence-electron chi connectivity index (χ4n) is 2.38. The molecule has 0 radical (unpaired) electrons. The maximum Gasteiger partial charge on any atom is 0.255 e. The van der Waals surface area contributed by atoms with Crippen LogP contribution >= 0.6 is 0 Å². The summed E-state index contributed by atoms with van der Waals surface area (Å²) in [6.07, 6.45) is 1.45. The van der Waals surface area contributed by atoms with Gasteiger partial charge in [0.05, 0.1) is 26.2 Å². The Balaban J connectivity index is 2.22. The Morgan fingerprint density at radius 1 is 1.04 bits per heavy atom. The molecule has 0 saturated carbocycles. The predicted molar refractivity (Wildman–Crippen MR) is 106 cm³/mol. The molecular formula is C19H22N2O6S. The molecule has 0 aliphatic heterocycles. The van der Waals surface area contributed by atoms with Crippen LogP contribution in [0.1, 0.15) is 10.4 Å². The van der Waals surface area contributed by atoms with Crippen LogP contribution in [-0.2, 0) is 10.0 Å². The highest BCUT2D eigenvalue weighted by Crippen LogP contribution is 2.38. The Labute approximate surface area is 164 Å². The standard InChI is InChI=1S/C19H22N2O6S/c1-5-10-20-28(23,24)15-8-6-14(7-9-15)21-19(22)13-11-16(25-2)18(27-4)17(12-13)26-3/h5-9,11-12,20H,1,10H2,2-4H3,(H,21,22). The number of benzene rings is 2.